The standard InChI is InChI=1S/C17H15NO3/c1-10-3-4-12(7-11(10)2)8-15(19)13-5-6-14-16(9-13)21-17(20)18-14/h3-7,9H,8H2,1-2H3,(H,18,20). The van der Waals surface area contributed by atoms with Crippen LogP contribution in [0.25, 0.3) is 11.1 Å². The zero-order valence-electron chi connectivity index (χ0n) is 11.9. The Kier molecular flexibility index (Phi) is 3.22. The third kappa shape index (κ3) is 2.65. The minimum Gasteiger partial charge on any atom is -0.408 e. The summed E-state index contributed by atoms with van der Waals surface area (Å²) in [5, 5.41) is 0. The van der Waals surface area contributed by atoms with Gasteiger partial charge in [-0.05, 0) is 48.7 Å². The third-order valence-electron chi connectivity index (χ3n) is 3.68. The van der Waals surface area contributed by atoms with E-state index in [0.29, 0.717) is 23.1 Å². The Labute approximate surface area is 121 Å². The van der Waals surface area contributed by atoms with Crippen LogP contribution in [0.15, 0.2) is 45.6 Å². The number of aromatic nitrogens is 1. The Balaban J connectivity index is 1.89. The number of rotatable bonds is 3. The molecule has 0 spiro atoms. The number of carbonyl (C=O) groups is 1. The molecule has 0 aliphatic carbocycles. The maximum absolute atomic E-state index is 12.3. The van der Waals surface area contributed by atoms with Crippen LogP contribution in [0.1, 0.15) is 27.0 Å². The van der Waals surface area contributed by atoms with Crippen molar-refractivity contribution < 1.29 is 9.21 Å². The Morgan fingerprint density at radius 1 is 1.10 bits per heavy atom. The average Bonchev–Trinajstić information content (AvgIpc) is 2.82. The lowest BCUT2D eigenvalue weighted by Gasteiger charge is -2.05. The molecule has 0 unspecified atom stereocenters. The number of ketones is 1. The van der Waals surface area contributed by atoms with E-state index in [9.17, 15) is 9.59 Å². The largest absolute Gasteiger partial charge is 0.417 e. The van der Waals surface area contributed by atoms with E-state index in [-0.39, 0.29) is 5.78 Å². The van der Waals surface area contributed by atoms with Gasteiger partial charge in [0.2, 0.25) is 0 Å². The summed E-state index contributed by atoms with van der Waals surface area (Å²) >= 11 is 0. The van der Waals surface area contributed by atoms with Gasteiger partial charge in [0.25, 0.3) is 0 Å². The van der Waals surface area contributed by atoms with Crippen LogP contribution in [0.2, 0.25) is 0 Å². The van der Waals surface area contributed by atoms with E-state index in [4.69, 9.17) is 4.42 Å². The van der Waals surface area contributed by atoms with Crippen molar-refractivity contribution in [3.8, 4) is 0 Å². The third-order valence-corrected chi connectivity index (χ3v) is 3.68. The maximum Gasteiger partial charge on any atom is 0.417 e. The first-order valence-corrected chi connectivity index (χ1v) is 6.75. The Hall–Kier alpha value is -2.62. The number of Topliss-reactive ketones (excluding diaryl/α,β-unsaturated/α-hetero) is 1. The fraction of sp³-hybridized carbons (Fsp3) is 0.176. The second-order valence-electron chi connectivity index (χ2n) is 5.24. The van der Waals surface area contributed by atoms with Crippen LogP contribution in [0.5, 0.6) is 0 Å². The molecule has 0 aliphatic rings. The summed E-state index contributed by atoms with van der Waals surface area (Å²) in [5.74, 6) is -0.507. The first-order chi connectivity index (χ1) is 10.0. The fourth-order valence-corrected chi connectivity index (χ4v) is 2.32. The molecule has 4 nitrogen and oxygen atoms in total. The highest BCUT2D eigenvalue weighted by Crippen LogP contribution is 2.16. The number of oxazole rings is 1. The van der Waals surface area contributed by atoms with Crippen LogP contribution < -0.4 is 5.76 Å². The minimum atomic E-state index is -0.510. The molecule has 4 heteroatoms. The molecule has 0 saturated heterocycles. The summed E-state index contributed by atoms with van der Waals surface area (Å²) in [5.41, 5.74) is 4.92. The van der Waals surface area contributed by atoms with Crippen LogP contribution in [0.4, 0.5) is 0 Å². The second kappa shape index (κ2) is 5.05. The van der Waals surface area contributed by atoms with E-state index in [1.807, 2.05) is 32.0 Å². The molecular weight excluding hydrogens is 266 g/mol. The molecule has 0 amide bonds. The Bertz CT molecular complexity index is 886. The molecule has 1 heterocycles. The SMILES string of the molecule is Cc1ccc(CC(=O)c2ccc3[nH]c(=O)oc3c2)cc1C. The van der Waals surface area contributed by atoms with Gasteiger partial charge in [-0.3, -0.25) is 9.78 Å². The second-order valence-corrected chi connectivity index (χ2v) is 5.24. The Morgan fingerprint density at radius 3 is 2.67 bits per heavy atom. The van der Waals surface area contributed by atoms with Gasteiger partial charge in [-0.15, -0.1) is 0 Å². The van der Waals surface area contributed by atoms with E-state index < -0.39 is 5.76 Å². The summed E-state index contributed by atoms with van der Waals surface area (Å²) in [7, 11) is 0. The molecule has 21 heavy (non-hydrogen) atoms. The number of nitrogens with one attached hydrogen (secondary N) is 1. The van der Waals surface area contributed by atoms with E-state index in [1.54, 1.807) is 18.2 Å². The normalized spacial score (nSPS) is 11.0. The van der Waals surface area contributed by atoms with Gasteiger partial charge in [0.05, 0.1) is 5.52 Å². The number of hydrogen-bond donors (Lipinski definition) is 1. The van der Waals surface area contributed by atoms with Crippen LogP contribution in [-0.2, 0) is 6.42 Å². The van der Waals surface area contributed by atoms with Gasteiger partial charge in [-0.25, -0.2) is 4.79 Å². The van der Waals surface area contributed by atoms with Crippen molar-refractivity contribution in [2.45, 2.75) is 20.3 Å². The van der Waals surface area contributed by atoms with Gasteiger partial charge in [-0.2, -0.15) is 0 Å². The van der Waals surface area contributed by atoms with Crippen molar-refractivity contribution in [1.29, 1.82) is 0 Å². The molecule has 1 aromatic heterocycles. The molecule has 3 rings (SSSR count). The number of aromatic amines is 1. The molecular formula is C17H15NO3. The fourth-order valence-electron chi connectivity index (χ4n) is 2.32. The van der Waals surface area contributed by atoms with Gasteiger partial charge < -0.3 is 4.42 Å². The molecule has 0 aliphatic heterocycles. The number of benzene rings is 2. The predicted molar refractivity (Wildman–Crippen MR) is 80.8 cm³/mol. The number of H-pyrrole nitrogens is 1. The highest BCUT2D eigenvalue weighted by molar-refractivity contribution is 5.99. The summed E-state index contributed by atoms with van der Waals surface area (Å²) < 4.78 is 4.98. The van der Waals surface area contributed by atoms with Crippen molar-refractivity contribution in [3.63, 3.8) is 0 Å². The first-order valence-electron chi connectivity index (χ1n) is 6.75. The smallest absolute Gasteiger partial charge is 0.408 e. The monoisotopic (exact) mass is 281 g/mol. The van der Waals surface area contributed by atoms with Crippen LogP contribution >= 0.6 is 0 Å². The molecule has 3 aromatic rings. The van der Waals surface area contributed by atoms with E-state index in [0.717, 1.165) is 5.56 Å². The highest BCUT2D eigenvalue weighted by atomic mass is 16.4. The van der Waals surface area contributed by atoms with Crippen molar-refractivity contribution in [3.05, 3.63) is 69.2 Å². The molecule has 0 bridgehead atoms. The van der Waals surface area contributed by atoms with E-state index in [2.05, 4.69) is 4.98 Å². The molecule has 0 saturated carbocycles. The predicted octanol–water partition coefficient (Wildman–Crippen LogP) is 3.16. The maximum atomic E-state index is 12.3. The summed E-state index contributed by atoms with van der Waals surface area (Å²) in [6, 6.07) is 11.0. The van der Waals surface area contributed by atoms with Crippen LogP contribution in [0.3, 0.4) is 0 Å². The highest BCUT2D eigenvalue weighted by Gasteiger charge is 2.10. The van der Waals surface area contributed by atoms with Crippen LogP contribution in [0, 0.1) is 13.8 Å². The first kappa shape index (κ1) is 13.4. The number of fused-ring (bicyclic) bond motifs is 1. The summed E-state index contributed by atoms with van der Waals surface area (Å²) in [6.07, 6.45) is 0.335. The topological polar surface area (TPSA) is 63.1 Å². The molecule has 0 radical (unpaired) electrons. The minimum absolute atomic E-state index is 0.00371. The molecule has 1 N–H and O–H groups in total. The van der Waals surface area contributed by atoms with Gasteiger partial charge in [0, 0.05) is 12.0 Å². The van der Waals surface area contributed by atoms with Crippen molar-refractivity contribution in [2.75, 3.05) is 0 Å². The zero-order chi connectivity index (χ0) is 15.0. The van der Waals surface area contributed by atoms with E-state index >= 15 is 0 Å². The molecule has 0 atom stereocenters. The number of aryl methyl sites for hydroxylation is 2. The number of hydrogen-bond acceptors (Lipinski definition) is 3. The van der Waals surface area contributed by atoms with Gasteiger partial charge in [-0.1, -0.05) is 18.2 Å². The summed E-state index contributed by atoms with van der Waals surface area (Å²) in [6.45, 7) is 4.08. The van der Waals surface area contributed by atoms with Crippen molar-refractivity contribution >= 4 is 16.9 Å². The van der Waals surface area contributed by atoms with Gasteiger partial charge in [0.15, 0.2) is 11.4 Å². The Morgan fingerprint density at radius 2 is 1.90 bits per heavy atom. The lowest BCUT2D eigenvalue weighted by atomic mass is 9.99. The quantitative estimate of drug-likeness (QED) is 0.750. The number of carbonyl (C=O) groups excluding carboxylic acids is 1. The van der Waals surface area contributed by atoms with Gasteiger partial charge >= 0.3 is 5.76 Å². The van der Waals surface area contributed by atoms with Crippen LogP contribution in [-0.4, -0.2) is 10.8 Å². The lowest BCUT2D eigenvalue weighted by molar-refractivity contribution is 0.0993. The van der Waals surface area contributed by atoms with Gasteiger partial charge in [0.1, 0.15) is 0 Å². The molecule has 2 aromatic carbocycles. The van der Waals surface area contributed by atoms with E-state index in [1.165, 1.54) is 11.1 Å². The van der Waals surface area contributed by atoms with Crippen molar-refractivity contribution in [2.24, 2.45) is 0 Å². The molecule has 0 fully saturated rings. The van der Waals surface area contributed by atoms with Crippen molar-refractivity contribution in [1.82, 2.24) is 4.98 Å². The summed E-state index contributed by atoms with van der Waals surface area (Å²) in [4.78, 5) is 26.0. The average molecular weight is 281 g/mol. The molecule has 106 valence electrons. The zero-order valence-corrected chi connectivity index (χ0v) is 11.9. The lowest BCUT2D eigenvalue weighted by Crippen LogP contribution is -2.03.